The Hall–Kier alpha value is -1.55. The van der Waals surface area contributed by atoms with Crippen LogP contribution in [0.4, 0.5) is 0 Å². The fourth-order valence-corrected chi connectivity index (χ4v) is 3.05. The molecule has 4 nitrogen and oxygen atoms in total. The number of furan rings is 1. The quantitative estimate of drug-likeness (QED) is 0.908. The van der Waals surface area contributed by atoms with Crippen LogP contribution in [0.1, 0.15) is 55.0 Å². The van der Waals surface area contributed by atoms with Crippen LogP contribution in [0.5, 0.6) is 0 Å². The molecule has 0 saturated heterocycles. The first-order chi connectivity index (χ1) is 9.76. The molecule has 2 aromatic heterocycles. The summed E-state index contributed by atoms with van der Waals surface area (Å²) in [5.74, 6) is 1.94. The maximum atomic E-state index is 5.72. The lowest BCUT2D eigenvalue weighted by Crippen LogP contribution is -2.18. The van der Waals surface area contributed by atoms with Crippen molar-refractivity contribution in [2.45, 2.75) is 51.1 Å². The van der Waals surface area contributed by atoms with Crippen LogP contribution in [-0.4, -0.2) is 16.8 Å². The molecular formula is C16H23N3O. The van der Waals surface area contributed by atoms with Crippen LogP contribution in [0.3, 0.4) is 0 Å². The van der Waals surface area contributed by atoms with Gasteiger partial charge in [0.25, 0.3) is 0 Å². The number of rotatable bonds is 5. The zero-order valence-electron chi connectivity index (χ0n) is 12.3. The van der Waals surface area contributed by atoms with Crippen molar-refractivity contribution in [3.05, 3.63) is 41.6 Å². The minimum Gasteiger partial charge on any atom is -0.465 e. The lowest BCUT2D eigenvalue weighted by molar-refractivity contribution is 0.408. The van der Waals surface area contributed by atoms with Gasteiger partial charge in [0.05, 0.1) is 17.8 Å². The summed E-state index contributed by atoms with van der Waals surface area (Å²) in [7, 11) is 1.97. The highest BCUT2D eigenvalue weighted by atomic mass is 16.3. The van der Waals surface area contributed by atoms with E-state index in [2.05, 4.69) is 22.3 Å². The third-order valence-corrected chi connectivity index (χ3v) is 4.23. The normalized spacial score (nSPS) is 17.7. The van der Waals surface area contributed by atoms with Crippen LogP contribution in [-0.2, 0) is 6.42 Å². The second-order valence-corrected chi connectivity index (χ2v) is 5.72. The number of hydrogen-bond donors (Lipinski definition) is 1. The Kier molecular flexibility index (Phi) is 3.92. The summed E-state index contributed by atoms with van der Waals surface area (Å²) >= 11 is 0. The molecule has 2 heterocycles. The summed E-state index contributed by atoms with van der Waals surface area (Å²) in [6.45, 7) is 1.98. The Morgan fingerprint density at radius 2 is 2.15 bits per heavy atom. The van der Waals surface area contributed by atoms with E-state index in [1.54, 1.807) is 0 Å². The Morgan fingerprint density at radius 3 is 2.80 bits per heavy atom. The van der Waals surface area contributed by atoms with E-state index in [9.17, 15) is 0 Å². The molecule has 1 unspecified atom stereocenters. The van der Waals surface area contributed by atoms with Crippen molar-refractivity contribution < 1.29 is 4.42 Å². The lowest BCUT2D eigenvalue weighted by atomic mass is 10.1. The van der Waals surface area contributed by atoms with Gasteiger partial charge in [0.1, 0.15) is 11.5 Å². The van der Waals surface area contributed by atoms with E-state index in [1.165, 1.54) is 25.7 Å². The molecule has 0 aliphatic heterocycles. The molecule has 4 heteroatoms. The van der Waals surface area contributed by atoms with Gasteiger partial charge in [0.2, 0.25) is 0 Å². The van der Waals surface area contributed by atoms with Gasteiger partial charge in [-0.1, -0.05) is 12.8 Å². The van der Waals surface area contributed by atoms with Crippen LogP contribution in [0.15, 0.2) is 28.8 Å². The number of nitrogens with zero attached hydrogens (tertiary/aromatic N) is 2. The average Bonchev–Trinajstić information content (AvgIpc) is 3.16. The topological polar surface area (TPSA) is 43.0 Å². The second kappa shape index (κ2) is 5.83. The number of aryl methyl sites for hydroxylation is 1. The molecule has 2 aromatic rings. The summed E-state index contributed by atoms with van der Waals surface area (Å²) in [6.07, 6.45) is 8.21. The highest BCUT2D eigenvalue weighted by Crippen LogP contribution is 2.29. The van der Waals surface area contributed by atoms with Gasteiger partial charge in [0, 0.05) is 12.6 Å². The van der Waals surface area contributed by atoms with Gasteiger partial charge in [-0.05, 0) is 45.0 Å². The van der Waals surface area contributed by atoms with Crippen molar-refractivity contribution in [3.8, 4) is 0 Å². The molecule has 108 valence electrons. The number of nitrogens with one attached hydrogen (secondary N) is 1. The Labute approximate surface area is 120 Å². The van der Waals surface area contributed by atoms with Crippen molar-refractivity contribution in [3.63, 3.8) is 0 Å². The summed E-state index contributed by atoms with van der Waals surface area (Å²) < 4.78 is 7.87. The number of likely N-dealkylation sites (N-methyl/N-ethyl adjacent to an activating group) is 1. The predicted molar refractivity (Wildman–Crippen MR) is 78.7 cm³/mol. The van der Waals surface area contributed by atoms with Crippen LogP contribution in [0, 0.1) is 6.92 Å². The van der Waals surface area contributed by atoms with Gasteiger partial charge >= 0.3 is 0 Å². The molecular weight excluding hydrogens is 250 g/mol. The van der Waals surface area contributed by atoms with E-state index in [4.69, 9.17) is 9.52 Å². The van der Waals surface area contributed by atoms with Crippen molar-refractivity contribution in [2.24, 2.45) is 0 Å². The highest BCUT2D eigenvalue weighted by Gasteiger charge is 2.19. The van der Waals surface area contributed by atoms with Gasteiger partial charge in [0.15, 0.2) is 0 Å². The third kappa shape index (κ3) is 2.80. The first-order valence-corrected chi connectivity index (χ1v) is 7.54. The van der Waals surface area contributed by atoms with Gasteiger partial charge in [-0.3, -0.25) is 4.68 Å². The van der Waals surface area contributed by atoms with Crippen LogP contribution in [0.2, 0.25) is 0 Å². The lowest BCUT2D eigenvalue weighted by Gasteiger charge is -2.12. The van der Waals surface area contributed by atoms with E-state index in [0.29, 0.717) is 6.04 Å². The largest absolute Gasteiger partial charge is 0.465 e. The Balaban J connectivity index is 1.69. The summed E-state index contributed by atoms with van der Waals surface area (Å²) in [4.78, 5) is 0. The molecule has 1 saturated carbocycles. The van der Waals surface area contributed by atoms with Gasteiger partial charge < -0.3 is 9.73 Å². The number of aromatic nitrogens is 2. The fraction of sp³-hybridized carbons (Fsp3) is 0.562. The van der Waals surface area contributed by atoms with Crippen LogP contribution in [0.25, 0.3) is 0 Å². The maximum Gasteiger partial charge on any atom is 0.121 e. The summed E-state index contributed by atoms with van der Waals surface area (Å²) in [5, 5.41) is 8.06. The molecule has 0 radical (unpaired) electrons. The van der Waals surface area contributed by atoms with E-state index in [0.717, 1.165) is 23.6 Å². The van der Waals surface area contributed by atoms with Crippen molar-refractivity contribution in [1.82, 2.24) is 15.1 Å². The first-order valence-electron chi connectivity index (χ1n) is 7.54. The molecule has 0 spiro atoms. The Bertz CT molecular complexity index is 552. The molecule has 1 fully saturated rings. The average molecular weight is 273 g/mol. The minimum atomic E-state index is 0.190. The smallest absolute Gasteiger partial charge is 0.121 e. The Morgan fingerprint density at radius 1 is 1.35 bits per heavy atom. The molecule has 20 heavy (non-hydrogen) atoms. The van der Waals surface area contributed by atoms with Crippen LogP contribution >= 0.6 is 0 Å². The van der Waals surface area contributed by atoms with Gasteiger partial charge in [-0.15, -0.1) is 0 Å². The molecule has 0 bridgehead atoms. The first kappa shape index (κ1) is 13.4. The fourth-order valence-electron chi connectivity index (χ4n) is 3.05. The zero-order valence-corrected chi connectivity index (χ0v) is 12.3. The van der Waals surface area contributed by atoms with E-state index in [-0.39, 0.29) is 6.04 Å². The van der Waals surface area contributed by atoms with Crippen molar-refractivity contribution in [1.29, 1.82) is 0 Å². The zero-order chi connectivity index (χ0) is 13.9. The summed E-state index contributed by atoms with van der Waals surface area (Å²) in [6, 6.07) is 7.00. The molecule has 1 aliphatic rings. The number of hydrogen-bond acceptors (Lipinski definition) is 3. The summed E-state index contributed by atoms with van der Waals surface area (Å²) in [5.41, 5.74) is 1.13. The molecule has 3 rings (SSSR count). The molecule has 1 atom stereocenters. The molecule has 0 aromatic carbocycles. The predicted octanol–water partition coefficient (Wildman–Crippen LogP) is 3.40. The minimum absolute atomic E-state index is 0.190. The van der Waals surface area contributed by atoms with Crippen molar-refractivity contribution >= 4 is 0 Å². The molecule has 1 aliphatic carbocycles. The van der Waals surface area contributed by atoms with E-state index < -0.39 is 0 Å². The van der Waals surface area contributed by atoms with Crippen molar-refractivity contribution in [2.75, 3.05) is 7.05 Å². The monoisotopic (exact) mass is 273 g/mol. The maximum absolute atomic E-state index is 5.72. The molecule has 0 amide bonds. The third-order valence-electron chi connectivity index (χ3n) is 4.23. The SMILES string of the molecule is CNC(Cc1ccn(C2CCCC2)n1)c1ccc(C)o1. The second-order valence-electron chi connectivity index (χ2n) is 5.72. The molecule has 1 N–H and O–H groups in total. The van der Waals surface area contributed by atoms with Gasteiger partial charge in [-0.25, -0.2) is 0 Å². The van der Waals surface area contributed by atoms with Crippen LogP contribution < -0.4 is 5.32 Å². The van der Waals surface area contributed by atoms with E-state index in [1.807, 2.05) is 26.1 Å². The van der Waals surface area contributed by atoms with E-state index >= 15 is 0 Å². The van der Waals surface area contributed by atoms with Gasteiger partial charge in [-0.2, -0.15) is 5.10 Å². The standard InChI is InChI=1S/C16H23N3O/c1-12-7-8-16(20-12)15(17-2)11-13-9-10-19(18-13)14-5-3-4-6-14/h7-10,14-15,17H,3-6,11H2,1-2H3. The highest BCUT2D eigenvalue weighted by molar-refractivity contribution is 5.13.